The van der Waals surface area contributed by atoms with Gasteiger partial charge in [0, 0.05) is 18.9 Å². The van der Waals surface area contributed by atoms with Gasteiger partial charge in [0.1, 0.15) is 17.9 Å². The predicted molar refractivity (Wildman–Crippen MR) is 91.5 cm³/mol. The fraction of sp³-hybridized carbons (Fsp3) is 0.500. The van der Waals surface area contributed by atoms with Crippen molar-refractivity contribution in [2.75, 3.05) is 6.61 Å². The summed E-state index contributed by atoms with van der Waals surface area (Å²) in [5.41, 5.74) is 5.81. The SMILES string of the molecule is Cc1cc(F)cc(OCCCCCC(=O)NC(C=O)CCC(N)=O)c1. The topological polar surface area (TPSA) is 98.5 Å². The fourth-order valence-electron chi connectivity index (χ4n) is 2.29. The number of ether oxygens (including phenoxy) is 1. The van der Waals surface area contributed by atoms with Crippen LogP contribution in [0.1, 0.15) is 44.1 Å². The van der Waals surface area contributed by atoms with E-state index in [4.69, 9.17) is 10.5 Å². The molecule has 1 rings (SSSR count). The van der Waals surface area contributed by atoms with E-state index in [1.165, 1.54) is 12.1 Å². The molecule has 1 aromatic carbocycles. The van der Waals surface area contributed by atoms with Crippen LogP contribution >= 0.6 is 0 Å². The number of halogens is 1. The van der Waals surface area contributed by atoms with Crippen LogP contribution in [0.5, 0.6) is 5.75 Å². The van der Waals surface area contributed by atoms with Gasteiger partial charge in [-0.25, -0.2) is 4.39 Å². The molecule has 0 aliphatic heterocycles. The first kappa shape index (κ1) is 20.6. The van der Waals surface area contributed by atoms with Gasteiger partial charge < -0.3 is 20.6 Å². The lowest BCUT2D eigenvalue weighted by Crippen LogP contribution is -2.36. The highest BCUT2D eigenvalue weighted by molar-refractivity contribution is 5.80. The molecule has 6 nitrogen and oxygen atoms in total. The number of carbonyl (C=O) groups is 3. The second kappa shape index (κ2) is 11.2. The lowest BCUT2D eigenvalue weighted by Gasteiger charge is -2.11. The predicted octanol–water partition coefficient (Wildman–Crippen LogP) is 2.02. The van der Waals surface area contributed by atoms with Crippen molar-refractivity contribution in [3.8, 4) is 5.75 Å². The molecule has 7 heteroatoms. The molecule has 138 valence electrons. The minimum atomic E-state index is -0.681. The Labute approximate surface area is 146 Å². The molecule has 0 heterocycles. The van der Waals surface area contributed by atoms with Crippen molar-refractivity contribution in [3.05, 3.63) is 29.6 Å². The van der Waals surface area contributed by atoms with Gasteiger partial charge in [-0.15, -0.1) is 0 Å². The molecule has 0 saturated heterocycles. The molecule has 0 bridgehead atoms. The molecule has 1 unspecified atom stereocenters. The zero-order valence-electron chi connectivity index (χ0n) is 14.4. The highest BCUT2D eigenvalue weighted by Crippen LogP contribution is 2.16. The number of nitrogens with one attached hydrogen (secondary N) is 1. The Bertz CT molecular complexity index is 572. The number of primary amides is 1. The van der Waals surface area contributed by atoms with Gasteiger partial charge in [-0.2, -0.15) is 0 Å². The van der Waals surface area contributed by atoms with Crippen molar-refractivity contribution < 1.29 is 23.5 Å². The van der Waals surface area contributed by atoms with E-state index in [0.717, 1.165) is 18.4 Å². The third-order valence-electron chi connectivity index (χ3n) is 3.54. The summed E-state index contributed by atoms with van der Waals surface area (Å²) >= 11 is 0. The van der Waals surface area contributed by atoms with Gasteiger partial charge in [0.2, 0.25) is 11.8 Å². The van der Waals surface area contributed by atoms with Gasteiger partial charge in [-0.3, -0.25) is 9.59 Å². The normalized spacial score (nSPS) is 11.6. The Balaban J connectivity index is 2.14. The molecule has 0 aliphatic rings. The van der Waals surface area contributed by atoms with E-state index in [-0.39, 0.29) is 24.6 Å². The van der Waals surface area contributed by atoms with E-state index in [1.54, 1.807) is 13.0 Å². The summed E-state index contributed by atoms with van der Waals surface area (Å²) in [6.45, 7) is 2.24. The zero-order valence-corrected chi connectivity index (χ0v) is 14.4. The third kappa shape index (κ3) is 9.44. The summed E-state index contributed by atoms with van der Waals surface area (Å²) in [6.07, 6.45) is 3.33. The monoisotopic (exact) mass is 352 g/mol. The van der Waals surface area contributed by atoms with Gasteiger partial charge >= 0.3 is 0 Å². The summed E-state index contributed by atoms with van der Waals surface area (Å²) in [5.74, 6) is -0.566. The van der Waals surface area contributed by atoms with E-state index < -0.39 is 11.9 Å². The van der Waals surface area contributed by atoms with Crippen LogP contribution in [-0.2, 0) is 14.4 Å². The number of carbonyl (C=O) groups excluding carboxylic acids is 3. The number of aryl methyl sites for hydroxylation is 1. The van der Waals surface area contributed by atoms with Crippen LogP contribution in [0, 0.1) is 12.7 Å². The quantitative estimate of drug-likeness (QED) is 0.444. The van der Waals surface area contributed by atoms with Gasteiger partial charge in [0.15, 0.2) is 0 Å². The molecule has 1 aromatic rings. The van der Waals surface area contributed by atoms with Gasteiger partial charge in [-0.1, -0.05) is 0 Å². The Morgan fingerprint density at radius 1 is 1.24 bits per heavy atom. The molecule has 1 atom stereocenters. The van der Waals surface area contributed by atoms with Crippen LogP contribution in [0.2, 0.25) is 0 Å². The molecule has 0 fully saturated rings. The highest BCUT2D eigenvalue weighted by Gasteiger charge is 2.12. The lowest BCUT2D eigenvalue weighted by atomic mass is 10.1. The van der Waals surface area contributed by atoms with Crippen molar-refractivity contribution in [3.63, 3.8) is 0 Å². The third-order valence-corrected chi connectivity index (χ3v) is 3.54. The number of aldehydes is 1. The Hall–Kier alpha value is -2.44. The van der Waals surface area contributed by atoms with E-state index in [1.807, 2.05) is 0 Å². The van der Waals surface area contributed by atoms with E-state index in [2.05, 4.69) is 5.32 Å². The van der Waals surface area contributed by atoms with Crippen LogP contribution in [-0.4, -0.2) is 30.7 Å². The average molecular weight is 352 g/mol. The van der Waals surface area contributed by atoms with Gasteiger partial charge in [0.25, 0.3) is 0 Å². The van der Waals surface area contributed by atoms with Gasteiger partial charge in [0.05, 0.1) is 12.6 Å². The van der Waals surface area contributed by atoms with Crippen molar-refractivity contribution in [1.29, 1.82) is 0 Å². The number of hydrogen-bond acceptors (Lipinski definition) is 4. The number of unbranched alkanes of at least 4 members (excludes halogenated alkanes) is 2. The number of benzene rings is 1. The Morgan fingerprint density at radius 2 is 2.00 bits per heavy atom. The summed E-state index contributed by atoms with van der Waals surface area (Å²) in [6, 6.07) is 3.86. The zero-order chi connectivity index (χ0) is 18.7. The van der Waals surface area contributed by atoms with Crippen LogP contribution < -0.4 is 15.8 Å². The standard InChI is InChI=1S/C18H25FN2O4/c1-13-9-14(19)11-16(10-13)25-8-4-2-3-5-18(24)21-15(12-22)6-7-17(20)23/h9-12,15H,2-8H2,1H3,(H2,20,23)(H,21,24). The van der Waals surface area contributed by atoms with Crippen molar-refractivity contribution in [2.24, 2.45) is 5.73 Å². The largest absolute Gasteiger partial charge is 0.493 e. The first-order chi connectivity index (χ1) is 11.9. The number of hydrogen-bond donors (Lipinski definition) is 2. The average Bonchev–Trinajstić information content (AvgIpc) is 2.53. The number of rotatable bonds is 12. The second-order valence-corrected chi connectivity index (χ2v) is 5.94. The minimum Gasteiger partial charge on any atom is -0.493 e. The van der Waals surface area contributed by atoms with Crippen molar-refractivity contribution in [1.82, 2.24) is 5.32 Å². The summed E-state index contributed by atoms with van der Waals surface area (Å²) in [4.78, 5) is 33.2. The molecule has 0 radical (unpaired) electrons. The van der Waals surface area contributed by atoms with Crippen LogP contribution in [0.25, 0.3) is 0 Å². The maximum Gasteiger partial charge on any atom is 0.220 e. The minimum absolute atomic E-state index is 0.0561. The maximum absolute atomic E-state index is 13.2. The van der Waals surface area contributed by atoms with Crippen LogP contribution in [0.15, 0.2) is 18.2 Å². The molecule has 0 aromatic heterocycles. The molecular weight excluding hydrogens is 327 g/mol. The molecule has 0 aliphatic carbocycles. The summed E-state index contributed by atoms with van der Waals surface area (Å²) < 4.78 is 18.7. The molecular formula is C18H25FN2O4. The van der Waals surface area contributed by atoms with Crippen LogP contribution in [0.3, 0.4) is 0 Å². The number of amides is 2. The Kier molecular flexibility index (Phi) is 9.21. The Morgan fingerprint density at radius 3 is 2.64 bits per heavy atom. The van der Waals surface area contributed by atoms with Crippen molar-refractivity contribution in [2.45, 2.75) is 51.5 Å². The highest BCUT2D eigenvalue weighted by atomic mass is 19.1. The lowest BCUT2D eigenvalue weighted by molar-refractivity contribution is -0.125. The molecule has 3 N–H and O–H groups in total. The van der Waals surface area contributed by atoms with Crippen molar-refractivity contribution >= 4 is 18.1 Å². The second-order valence-electron chi connectivity index (χ2n) is 5.94. The van der Waals surface area contributed by atoms with Gasteiger partial charge in [-0.05, 0) is 50.3 Å². The fourth-order valence-corrected chi connectivity index (χ4v) is 2.29. The van der Waals surface area contributed by atoms with E-state index >= 15 is 0 Å². The van der Waals surface area contributed by atoms with Crippen LogP contribution in [0.4, 0.5) is 4.39 Å². The first-order valence-electron chi connectivity index (χ1n) is 8.33. The molecule has 2 amide bonds. The van der Waals surface area contributed by atoms with E-state index in [9.17, 15) is 18.8 Å². The molecule has 0 saturated carbocycles. The molecule has 25 heavy (non-hydrogen) atoms. The number of nitrogens with two attached hydrogens (primary N) is 1. The summed E-state index contributed by atoms with van der Waals surface area (Å²) in [5, 5.41) is 2.56. The van der Waals surface area contributed by atoms with E-state index in [0.29, 0.717) is 31.5 Å². The summed E-state index contributed by atoms with van der Waals surface area (Å²) in [7, 11) is 0. The maximum atomic E-state index is 13.2. The smallest absolute Gasteiger partial charge is 0.220 e. The first-order valence-corrected chi connectivity index (χ1v) is 8.33. The molecule has 0 spiro atoms.